The van der Waals surface area contributed by atoms with Crippen LogP contribution in [-0.2, 0) is 16.1 Å². The first-order valence-electron chi connectivity index (χ1n) is 8.91. The van der Waals surface area contributed by atoms with Gasteiger partial charge in [-0.05, 0) is 52.0 Å². The van der Waals surface area contributed by atoms with Gasteiger partial charge in [0.2, 0.25) is 0 Å². The van der Waals surface area contributed by atoms with Crippen molar-refractivity contribution < 1.29 is 14.3 Å². The fourth-order valence-corrected chi connectivity index (χ4v) is 2.97. The first-order chi connectivity index (χ1) is 13.2. The van der Waals surface area contributed by atoms with Crippen LogP contribution in [0.3, 0.4) is 0 Å². The number of aromatic nitrogens is 3. The smallest absolute Gasteiger partial charge is 0.326 e. The summed E-state index contributed by atoms with van der Waals surface area (Å²) in [6, 6.07) is 7.01. The van der Waals surface area contributed by atoms with E-state index in [4.69, 9.17) is 21.1 Å². The largest absolute Gasteiger partial charge is 0.492 e. The molecule has 0 aliphatic rings. The zero-order valence-corrected chi connectivity index (χ0v) is 17.0. The number of halogens is 1. The lowest BCUT2D eigenvalue weighted by atomic mass is 10.1. The first kappa shape index (κ1) is 19.9. The van der Waals surface area contributed by atoms with Gasteiger partial charge in [-0.1, -0.05) is 11.6 Å². The first-order valence-corrected chi connectivity index (χ1v) is 9.29. The molecule has 2 heterocycles. The zero-order valence-electron chi connectivity index (χ0n) is 16.2. The van der Waals surface area contributed by atoms with Crippen LogP contribution in [0.25, 0.3) is 16.8 Å². The Morgan fingerprint density at radius 2 is 1.96 bits per heavy atom. The Hall–Kier alpha value is -2.80. The van der Waals surface area contributed by atoms with Gasteiger partial charge >= 0.3 is 5.97 Å². The molecule has 0 unspecified atom stereocenters. The molecule has 8 heteroatoms. The summed E-state index contributed by atoms with van der Waals surface area (Å²) in [5.41, 5.74) is 0.768. The molecule has 0 aliphatic heterocycles. The van der Waals surface area contributed by atoms with E-state index in [2.05, 4.69) is 5.10 Å². The number of ether oxygens (including phenoxy) is 2. The molecule has 0 spiro atoms. The van der Waals surface area contributed by atoms with Gasteiger partial charge < -0.3 is 14.0 Å². The molecule has 0 aliphatic carbocycles. The highest BCUT2D eigenvalue weighted by Crippen LogP contribution is 2.30. The SMILES string of the molecule is CCOc1ccc(-c2cc3c(=O)n(CC(=O)OC(C)(C)C)ccn3n2)cc1Cl. The average Bonchev–Trinajstić information content (AvgIpc) is 3.03. The number of hydrogen-bond acceptors (Lipinski definition) is 5. The van der Waals surface area contributed by atoms with Crippen molar-refractivity contribution in [1.82, 2.24) is 14.2 Å². The van der Waals surface area contributed by atoms with Crippen LogP contribution < -0.4 is 10.3 Å². The molecule has 0 amide bonds. The maximum Gasteiger partial charge on any atom is 0.326 e. The summed E-state index contributed by atoms with van der Waals surface area (Å²) in [6.07, 6.45) is 3.14. The predicted octanol–water partition coefficient (Wildman–Crippen LogP) is 3.56. The Morgan fingerprint density at radius 3 is 2.61 bits per heavy atom. The van der Waals surface area contributed by atoms with E-state index in [1.165, 1.54) is 15.3 Å². The summed E-state index contributed by atoms with van der Waals surface area (Å²) in [7, 11) is 0. The lowest BCUT2D eigenvalue weighted by Crippen LogP contribution is -2.30. The quantitative estimate of drug-likeness (QED) is 0.609. The maximum atomic E-state index is 12.7. The molecule has 0 radical (unpaired) electrons. The van der Waals surface area contributed by atoms with Crippen molar-refractivity contribution in [2.75, 3.05) is 6.61 Å². The molecular weight excluding hydrogens is 382 g/mol. The van der Waals surface area contributed by atoms with Gasteiger partial charge in [0.15, 0.2) is 0 Å². The van der Waals surface area contributed by atoms with Crippen molar-refractivity contribution in [3.8, 4) is 17.0 Å². The van der Waals surface area contributed by atoms with Gasteiger partial charge in [0, 0.05) is 18.0 Å². The van der Waals surface area contributed by atoms with Gasteiger partial charge in [0.25, 0.3) is 5.56 Å². The van der Waals surface area contributed by atoms with Crippen LogP contribution in [0.1, 0.15) is 27.7 Å². The Morgan fingerprint density at radius 1 is 1.21 bits per heavy atom. The summed E-state index contributed by atoms with van der Waals surface area (Å²) in [5.74, 6) is 0.119. The minimum absolute atomic E-state index is 0.165. The van der Waals surface area contributed by atoms with Gasteiger partial charge in [0.05, 0.1) is 17.3 Å². The molecule has 0 saturated heterocycles. The van der Waals surface area contributed by atoms with Crippen LogP contribution in [0.15, 0.2) is 41.5 Å². The highest BCUT2D eigenvalue weighted by atomic mass is 35.5. The Kier molecular flexibility index (Phi) is 5.47. The molecule has 0 fully saturated rings. The van der Waals surface area contributed by atoms with Crippen LogP contribution in [0.2, 0.25) is 5.02 Å². The van der Waals surface area contributed by atoms with E-state index in [0.717, 1.165) is 5.56 Å². The second-order valence-electron chi connectivity index (χ2n) is 7.26. The van der Waals surface area contributed by atoms with Crippen molar-refractivity contribution in [3.05, 3.63) is 52.0 Å². The molecule has 2 aromatic heterocycles. The maximum absolute atomic E-state index is 12.7. The van der Waals surface area contributed by atoms with E-state index in [9.17, 15) is 9.59 Å². The molecule has 0 saturated carbocycles. The number of esters is 1. The average molecular weight is 404 g/mol. The van der Waals surface area contributed by atoms with Crippen molar-refractivity contribution in [1.29, 1.82) is 0 Å². The topological polar surface area (TPSA) is 74.8 Å². The van der Waals surface area contributed by atoms with E-state index in [1.54, 1.807) is 45.2 Å². The summed E-state index contributed by atoms with van der Waals surface area (Å²) in [4.78, 5) is 24.8. The van der Waals surface area contributed by atoms with E-state index in [1.807, 2.05) is 13.0 Å². The van der Waals surface area contributed by atoms with E-state index >= 15 is 0 Å². The Labute approximate surface area is 167 Å². The van der Waals surface area contributed by atoms with Crippen LogP contribution in [-0.4, -0.2) is 32.4 Å². The third-order valence-corrected chi connectivity index (χ3v) is 4.15. The summed E-state index contributed by atoms with van der Waals surface area (Å²) in [6.45, 7) is 7.58. The molecule has 28 heavy (non-hydrogen) atoms. The third kappa shape index (κ3) is 4.36. The van der Waals surface area contributed by atoms with E-state index in [0.29, 0.717) is 28.6 Å². The van der Waals surface area contributed by atoms with Gasteiger partial charge in [-0.15, -0.1) is 0 Å². The van der Waals surface area contributed by atoms with Gasteiger partial charge in [0.1, 0.15) is 23.4 Å². The lowest BCUT2D eigenvalue weighted by molar-refractivity contribution is -0.155. The molecule has 0 bridgehead atoms. The number of nitrogens with zero attached hydrogens (tertiary/aromatic N) is 3. The molecule has 1 aromatic carbocycles. The summed E-state index contributed by atoms with van der Waals surface area (Å²) >= 11 is 6.25. The number of fused-ring (bicyclic) bond motifs is 1. The van der Waals surface area contributed by atoms with Crippen LogP contribution >= 0.6 is 11.6 Å². The molecule has 0 N–H and O–H groups in total. The van der Waals surface area contributed by atoms with Gasteiger partial charge in [-0.25, -0.2) is 4.52 Å². The Balaban J connectivity index is 1.92. The molecular formula is C20H22ClN3O4. The number of benzene rings is 1. The fraction of sp³-hybridized carbons (Fsp3) is 0.350. The lowest BCUT2D eigenvalue weighted by Gasteiger charge is -2.19. The predicted molar refractivity (Wildman–Crippen MR) is 107 cm³/mol. The fourth-order valence-electron chi connectivity index (χ4n) is 2.74. The standard InChI is InChI=1S/C20H22ClN3O4/c1-5-27-17-7-6-13(10-14(17)21)15-11-16-19(26)23(8-9-24(16)22-15)12-18(25)28-20(2,3)4/h6-11H,5,12H2,1-4H3. The number of carbonyl (C=O) groups excluding carboxylic acids is 1. The summed E-state index contributed by atoms with van der Waals surface area (Å²) < 4.78 is 13.5. The zero-order chi connectivity index (χ0) is 20.5. The number of rotatable bonds is 5. The second kappa shape index (κ2) is 7.67. The van der Waals surface area contributed by atoms with Crippen molar-refractivity contribution >= 4 is 23.1 Å². The highest BCUT2D eigenvalue weighted by Gasteiger charge is 2.18. The van der Waals surface area contributed by atoms with Gasteiger partial charge in [-0.2, -0.15) is 5.10 Å². The van der Waals surface area contributed by atoms with Crippen LogP contribution in [0, 0.1) is 0 Å². The Bertz CT molecular complexity index is 1080. The minimum Gasteiger partial charge on any atom is -0.492 e. The normalized spacial score (nSPS) is 11.6. The van der Waals surface area contributed by atoms with Crippen molar-refractivity contribution in [2.24, 2.45) is 0 Å². The van der Waals surface area contributed by atoms with Crippen molar-refractivity contribution in [2.45, 2.75) is 39.8 Å². The molecule has 7 nitrogen and oxygen atoms in total. The highest BCUT2D eigenvalue weighted by molar-refractivity contribution is 6.32. The molecule has 3 aromatic rings. The van der Waals surface area contributed by atoms with E-state index < -0.39 is 11.6 Å². The minimum atomic E-state index is -0.610. The monoisotopic (exact) mass is 403 g/mol. The van der Waals surface area contributed by atoms with Crippen LogP contribution in [0.4, 0.5) is 0 Å². The van der Waals surface area contributed by atoms with Gasteiger partial charge in [-0.3, -0.25) is 9.59 Å². The number of hydrogen-bond donors (Lipinski definition) is 0. The molecule has 3 rings (SSSR count). The molecule has 0 atom stereocenters. The third-order valence-electron chi connectivity index (χ3n) is 3.85. The van der Waals surface area contributed by atoms with E-state index in [-0.39, 0.29) is 12.1 Å². The second-order valence-corrected chi connectivity index (χ2v) is 7.66. The molecule has 148 valence electrons. The van der Waals surface area contributed by atoms with Crippen LogP contribution in [0.5, 0.6) is 5.75 Å². The van der Waals surface area contributed by atoms with Crippen molar-refractivity contribution in [3.63, 3.8) is 0 Å². The summed E-state index contributed by atoms with van der Waals surface area (Å²) in [5, 5.41) is 4.90. The number of carbonyl (C=O) groups is 1.